The molecule has 6 nitrogen and oxygen atoms in total. The molecular weight excluding hydrogens is 270 g/mol. The first kappa shape index (κ1) is 18.2. The summed E-state index contributed by atoms with van der Waals surface area (Å²) in [6.45, 7) is 11.5. The van der Waals surface area contributed by atoms with Gasteiger partial charge in [0.1, 0.15) is 5.60 Å². The number of alkyl carbamates (subject to hydrolysis) is 1. The molecular formula is C15H31N3O3. The predicted molar refractivity (Wildman–Crippen MR) is 83.3 cm³/mol. The van der Waals surface area contributed by atoms with Crippen molar-refractivity contribution >= 4 is 6.09 Å². The Morgan fingerprint density at radius 3 is 2.81 bits per heavy atom. The molecule has 1 fully saturated rings. The van der Waals surface area contributed by atoms with Gasteiger partial charge in [0, 0.05) is 32.2 Å². The van der Waals surface area contributed by atoms with Gasteiger partial charge in [0.05, 0.1) is 12.7 Å². The van der Waals surface area contributed by atoms with Crippen LogP contribution in [0.1, 0.15) is 40.5 Å². The van der Waals surface area contributed by atoms with Crippen molar-refractivity contribution in [2.75, 3.05) is 32.8 Å². The summed E-state index contributed by atoms with van der Waals surface area (Å²) in [6.07, 6.45) is 1.77. The van der Waals surface area contributed by atoms with Crippen LogP contribution in [-0.2, 0) is 9.47 Å². The third-order valence-corrected chi connectivity index (χ3v) is 3.56. The molecule has 124 valence electrons. The summed E-state index contributed by atoms with van der Waals surface area (Å²) in [5.74, 6) is 0. The lowest BCUT2D eigenvalue weighted by Gasteiger charge is -2.37. The maximum Gasteiger partial charge on any atom is 0.407 e. The highest BCUT2D eigenvalue weighted by atomic mass is 16.6. The highest BCUT2D eigenvalue weighted by Gasteiger charge is 2.25. The Morgan fingerprint density at radius 2 is 2.24 bits per heavy atom. The topological polar surface area (TPSA) is 76.8 Å². The van der Waals surface area contributed by atoms with Gasteiger partial charge in [0.2, 0.25) is 0 Å². The zero-order valence-corrected chi connectivity index (χ0v) is 13.9. The molecule has 1 heterocycles. The van der Waals surface area contributed by atoms with Crippen LogP contribution in [0.2, 0.25) is 0 Å². The number of carbonyl (C=O) groups is 1. The van der Waals surface area contributed by atoms with Gasteiger partial charge in [-0.25, -0.2) is 4.79 Å². The first-order chi connectivity index (χ1) is 9.85. The quantitative estimate of drug-likeness (QED) is 0.774. The molecule has 6 heteroatoms. The van der Waals surface area contributed by atoms with E-state index >= 15 is 0 Å². The van der Waals surface area contributed by atoms with E-state index in [0.29, 0.717) is 19.2 Å². The van der Waals surface area contributed by atoms with Gasteiger partial charge in [0.15, 0.2) is 0 Å². The Morgan fingerprint density at radius 1 is 1.52 bits per heavy atom. The molecule has 1 amide bonds. The normalized spacial score (nSPS) is 21.9. The minimum atomic E-state index is -0.462. The minimum absolute atomic E-state index is 0.276. The van der Waals surface area contributed by atoms with E-state index in [4.69, 9.17) is 15.2 Å². The number of carbonyl (C=O) groups excluding carboxylic acids is 1. The Labute approximate surface area is 128 Å². The van der Waals surface area contributed by atoms with E-state index in [0.717, 1.165) is 32.5 Å². The van der Waals surface area contributed by atoms with Crippen molar-refractivity contribution in [1.29, 1.82) is 0 Å². The first-order valence-electron chi connectivity index (χ1n) is 7.88. The van der Waals surface area contributed by atoms with Gasteiger partial charge in [-0.15, -0.1) is 0 Å². The van der Waals surface area contributed by atoms with Gasteiger partial charge in [0.25, 0.3) is 0 Å². The van der Waals surface area contributed by atoms with Gasteiger partial charge in [-0.1, -0.05) is 6.92 Å². The summed E-state index contributed by atoms with van der Waals surface area (Å²) in [4.78, 5) is 14.0. The fraction of sp³-hybridized carbons (Fsp3) is 0.933. The van der Waals surface area contributed by atoms with E-state index in [1.54, 1.807) is 0 Å². The van der Waals surface area contributed by atoms with E-state index in [9.17, 15) is 4.79 Å². The molecule has 0 radical (unpaired) electrons. The number of ether oxygens (including phenoxy) is 2. The number of nitrogens with two attached hydrogens (primary N) is 1. The average molecular weight is 301 g/mol. The zero-order valence-electron chi connectivity index (χ0n) is 13.9. The number of morpholine rings is 1. The third kappa shape index (κ3) is 7.11. The van der Waals surface area contributed by atoms with E-state index in [1.165, 1.54) is 0 Å². The number of rotatable bonds is 6. The van der Waals surface area contributed by atoms with Crippen LogP contribution in [0.4, 0.5) is 4.79 Å². The van der Waals surface area contributed by atoms with Gasteiger partial charge < -0.3 is 20.5 Å². The van der Waals surface area contributed by atoms with Crippen molar-refractivity contribution in [1.82, 2.24) is 10.2 Å². The molecule has 1 rings (SSSR count). The van der Waals surface area contributed by atoms with Gasteiger partial charge >= 0.3 is 6.09 Å². The molecule has 0 aromatic carbocycles. The molecule has 3 N–H and O–H groups in total. The summed E-state index contributed by atoms with van der Waals surface area (Å²) >= 11 is 0. The fourth-order valence-electron chi connectivity index (χ4n) is 2.43. The fourth-order valence-corrected chi connectivity index (χ4v) is 2.43. The van der Waals surface area contributed by atoms with Crippen LogP contribution >= 0.6 is 0 Å². The monoisotopic (exact) mass is 301 g/mol. The lowest BCUT2D eigenvalue weighted by molar-refractivity contribution is -0.0441. The van der Waals surface area contributed by atoms with E-state index in [-0.39, 0.29) is 12.1 Å². The van der Waals surface area contributed by atoms with Crippen molar-refractivity contribution in [2.45, 2.75) is 58.3 Å². The van der Waals surface area contributed by atoms with Crippen molar-refractivity contribution in [3.8, 4) is 0 Å². The molecule has 21 heavy (non-hydrogen) atoms. The standard InChI is InChI=1S/C15H31N3O3/c1-5-13-11-18(8-9-20-13)12(10-16)6-7-17-14(19)21-15(2,3)4/h12-13H,5-11,16H2,1-4H3,(H,17,19). The molecule has 0 aromatic rings. The first-order valence-corrected chi connectivity index (χ1v) is 7.88. The van der Waals surface area contributed by atoms with Crippen LogP contribution in [0, 0.1) is 0 Å². The smallest absolute Gasteiger partial charge is 0.407 e. The van der Waals surface area contributed by atoms with E-state index in [1.807, 2.05) is 20.8 Å². The summed E-state index contributed by atoms with van der Waals surface area (Å²) in [5.41, 5.74) is 5.42. The summed E-state index contributed by atoms with van der Waals surface area (Å²) in [6, 6.07) is 0.276. The van der Waals surface area contributed by atoms with Crippen LogP contribution < -0.4 is 11.1 Å². The van der Waals surface area contributed by atoms with Crippen LogP contribution in [-0.4, -0.2) is 61.5 Å². The SMILES string of the molecule is CCC1CN(C(CN)CCNC(=O)OC(C)(C)C)CCO1. The molecule has 0 bridgehead atoms. The molecule has 0 spiro atoms. The second-order valence-electron chi connectivity index (χ2n) is 6.50. The van der Waals surface area contributed by atoms with Crippen molar-refractivity contribution in [3.63, 3.8) is 0 Å². The average Bonchev–Trinajstić information content (AvgIpc) is 2.41. The number of nitrogens with one attached hydrogen (secondary N) is 1. The summed E-state index contributed by atoms with van der Waals surface area (Å²) in [5, 5.41) is 2.79. The Balaban J connectivity index is 2.32. The molecule has 2 atom stereocenters. The molecule has 1 aliphatic rings. The molecule has 1 aliphatic heterocycles. The lowest BCUT2D eigenvalue weighted by atomic mass is 10.1. The highest BCUT2D eigenvalue weighted by molar-refractivity contribution is 5.67. The molecule has 2 unspecified atom stereocenters. The second-order valence-corrected chi connectivity index (χ2v) is 6.50. The summed E-state index contributed by atoms with van der Waals surface area (Å²) < 4.78 is 10.9. The van der Waals surface area contributed by atoms with Crippen molar-refractivity contribution in [2.24, 2.45) is 5.73 Å². The number of amides is 1. The van der Waals surface area contributed by atoms with Crippen LogP contribution in [0.5, 0.6) is 0 Å². The van der Waals surface area contributed by atoms with Crippen LogP contribution in [0.25, 0.3) is 0 Å². The van der Waals surface area contributed by atoms with Crippen molar-refractivity contribution in [3.05, 3.63) is 0 Å². The van der Waals surface area contributed by atoms with Crippen LogP contribution in [0.3, 0.4) is 0 Å². The van der Waals surface area contributed by atoms with Crippen molar-refractivity contribution < 1.29 is 14.3 Å². The number of hydrogen-bond acceptors (Lipinski definition) is 5. The third-order valence-electron chi connectivity index (χ3n) is 3.56. The number of hydrogen-bond donors (Lipinski definition) is 2. The summed E-state index contributed by atoms with van der Waals surface area (Å²) in [7, 11) is 0. The maximum absolute atomic E-state index is 11.6. The van der Waals surface area contributed by atoms with Gasteiger partial charge in [-0.05, 0) is 33.6 Å². The molecule has 1 saturated heterocycles. The Kier molecular flexibility index (Phi) is 7.42. The largest absolute Gasteiger partial charge is 0.444 e. The number of nitrogens with zero attached hydrogens (tertiary/aromatic N) is 1. The zero-order chi connectivity index (χ0) is 15.9. The lowest BCUT2D eigenvalue weighted by Crippen LogP contribution is -2.51. The van der Waals surface area contributed by atoms with Crippen LogP contribution in [0.15, 0.2) is 0 Å². The maximum atomic E-state index is 11.6. The molecule has 0 aromatic heterocycles. The molecule has 0 saturated carbocycles. The minimum Gasteiger partial charge on any atom is -0.444 e. The molecule has 0 aliphatic carbocycles. The van der Waals surface area contributed by atoms with E-state index in [2.05, 4.69) is 17.1 Å². The highest BCUT2D eigenvalue weighted by Crippen LogP contribution is 2.13. The van der Waals surface area contributed by atoms with Gasteiger partial charge in [-0.3, -0.25) is 4.90 Å². The Hall–Kier alpha value is -0.850. The second kappa shape index (κ2) is 8.56. The van der Waals surface area contributed by atoms with Gasteiger partial charge in [-0.2, -0.15) is 0 Å². The Bertz CT molecular complexity index is 318. The van der Waals surface area contributed by atoms with E-state index < -0.39 is 5.60 Å². The predicted octanol–water partition coefficient (Wildman–Crippen LogP) is 1.34.